The van der Waals surface area contributed by atoms with Crippen molar-refractivity contribution in [3.63, 3.8) is 0 Å². The number of aryl methyl sites for hydroxylation is 1. The molecule has 1 atom stereocenters. The highest BCUT2D eigenvalue weighted by molar-refractivity contribution is 7.12. The van der Waals surface area contributed by atoms with Gasteiger partial charge in [-0.15, -0.1) is 11.3 Å². The standard InChI is InChI=1S/C18H25NOS/c1-4-12-19-17(18-11-10-16(5-2)21-18)13-14-6-8-15(20-3)9-7-14/h6-11,17,19H,4-5,12-13H2,1-3H3. The van der Waals surface area contributed by atoms with Gasteiger partial charge in [0.15, 0.2) is 0 Å². The SMILES string of the molecule is CCCNC(Cc1ccc(OC)cc1)c1ccc(CC)s1. The van der Waals surface area contributed by atoms with Crippen LogP contribution in [0.4, 0.5) is 0 Å². The maximum absolute atomic E-state index is 5.23. The molecule has 114 valence electrons. The number of rotatable bonds is 8. The van der Waals surface area contributed by atoms with E-state index in [0.717, 1.165) is 31.6 Å². The summed E-state index contributed by atoms with van der Waals surface area (Å²) in [5.41, 5.74) is 1.34. The van der Waals surface area contributed by atoms with Crippen LogP contribution in [-0.4, -0.2) is 13.7 Å². The van der Waals surface area contributed by atoms with Gasteiger partial charge in [-0.05, 0) is 55.6 Å². The normalized spacial score (nSPS) is 12.3. The summed E-state index contributed by atoms with van der Waals surface area (Å²) in [6, 6.07) is 13.3. The van der Waals surface area contributed by atoms with E-state index in [0.29, 0.717) is 6.04 Å². The predicted octanol–water partition coefficient (Wildman–Crippen LogP) is 4.60. The predicted molar refractivity (Wildman–Crippen MR) is 91.4 cm³/mol. The quantitative estimate of drug-likeness (QED) is 0.769. The second-order valence-corrected chi connectivity index (χ2v) is 6.42. The van der Waals surface area contributed by atoms with Gasteiger partial charge in [0, 0.05) is 15.8 Å². The molecule has 1 aromatic carbocycles. The van der Waals surface area contributed by atoms with Crippen molar-refractivity contribution in [2.24, 2.45) is 0 Å². The van der Waals surface area contributed by atoms with Gasteiger partial charge in [-0.25, -0.2) is 0 Å². The first kappa shape index (κ1) is 16.1. The van der Waals surface area contributed by atoms with Gasteiger partial charge in [-0.2, -0.15) is 0 Å². The molecule has 0 bridgehead atoms. The molecule has 0 aliphatic carbocycles. The summed E-state index contributed by atoms with van der Waals surface area (Å²) < 4.78 is 5.23. The smallest absolute Gasteiger partial charge is 0.118 e. The fourth-order valence-electron chi connectivity index (χ4n) is 2.36. The lowest BCUT2D eigenvalue weighted by molar-refractivity contribution is 0.414. The Balaban J connectivity index is 2.10. The van der Waals surface area contributed by atoms with Crippen LogP contribution < -0.4 is 10.1 Å². The van der Waals surface area contributed by atoms with Crippen molar-refractivity contribution in [2.45, 2.75) is 39.2 Å². The number of ether oxygens (including phenoxy) is 1. The highest BCUT2D eigenvalue weighted by atomic mass is 32.1. The van der Waals surface area contributed by atoms with E-state index in [-0.39, 0.29) is 0 Å². The van der Waals surface area contributed by atoms with Crippen LogP contribution in [0.5, 0.6) is 5.75 Å². The van der Waals surface area contributed by atoms with Crippen molar-refractivity contribution >= 4 is 11.3 Å². The third kappa shape index (κ3) is 4.58. The second kappa shape index (κ2) is 8.20. The third-order valence-corrected chi connectivity index (χ3v) is 4.96. The lowest BCUT2D eigenvalue weighted by Crippen LogP contribution is -2.23. The van der Waals surface area contributed by atoms with Gasteiger partial charge in [0.1, 0.15) is 5.75 Å². The molecule has 2 nitrogen and oxygen atoms in total. The average Bonchev–Trinajstić information content (AvgIpc) is 3.01. The summed E-state index contributed by atoms with van der Waals surface area (Å²) in [6.07, 6.45) is 3.30. The molecule has 0 amide bonds. The Bertz CT molecular complexity index is 532. The molecule has 1 N–H and O–H groups in total. The number of hydrogen-bond donors (Lipinski definition) is 1. The van der Waals surface area contributed by atoms with Gasteiger partial charge in [0.2, 0.25) is 0 Å². The number of hydrogen-bond acceptors (Lipinski definition) is 3. The van der Waals surface area contributed by atoms with Crippen LogP contribution in [0.25, 0.3) is 0 Å². The highest BCUT2D eigenvalue weighted by Crippen LogP contribution is 2.27. The van der Waals surface area contributed by atoms with E-state index in [4.69, 9.17) is 4.74 Å². The van der Waals surface area contributed by atoms with Crippen LogP contribution in [-0.2, 0) is 12.8 Å². The molecule has 3 heteroatoms. The molecule has 0 aliphatic heterocycles. The summed E-state index contributed by atoms with van der Waals surface area (Å²) in [7, 11) is 1.71. The Labute approximate surface area is 132 Å². The number of thiophene rings is 1. The molecule has 0 fully saturated rings. The molecule has 1 heterocycles. The largest absolute Gasteiger partial charge is 0.497 e. The minimum atomic E-state index is 0.406. The lowest BCUT2D eigenvalue weighted by atomic mass is 10.0. The van der Waals surface area contributed by atoms with Gasteiger partial charge in [-0.3, -0.25) is 0 Å². The van der Waals surface area contributed by atoms with Gasteiger partial charge in [-0.1, -0.05) is 26.0 Å². The Morgan fingerprint density at radius 1 is 1.10 bits per heavy atom. The average molecular weight is 303 g/mol. The molecule has 0 saturated heterocycles. The summed E-state index contributed by atoms with van der Waals surface area (Å²) >= 11 is 1.93. The second-order valence-electron chi connectivity index (χ2n) is 5.22. The van der Waals surface area contributed by atoms with Crippen molar-refractivity contribution < 1.29 is 4.74 Å². The van der Waals surface area contributed by atoms with Gasteiger partial charge in [0.25, 0.3) is 0 Å². The van der Waals surface area contributed by atoms with E-state index in [9.17, 15) is 0 Å². The molecule has 2 rings (SSSR count). The first-order valence-corrected chi connectivity index (χ1v) is 8.53. The maximum atomic E-state index is 5.23. The zero-order valence-electron chi connectivity index (χ0n) is 13.2. The molecule has 0 aliphatic rings. The van der Waals surface area contributed by atoms with Crippen LogP contribution in [0.3, 0.4) is 0 Å². The summed E-state index contributed by atoms with van der Waals surface area (Å²) in [6.45, 7) is 5.48. The van der Waals surface area contributed by atoms with Crippen LogP contribution in [0.15, 0.2) is 36.4 Å². The van der Waals surface area contributed by atoms with E-state index in [1.807, 2.05) is 23.5 Å². The van der Waals surface area contributed by atoms with E-state index in [2.05, 4.69) is 43.4 Å². The van der Waals surface area contributed by atoms with Crippen LogP contribution >= 0.6 is 11.3 Å². The molecule has 0 spiro atoms. The zero-order valence-corrected chi connectivity index (χ0v) is 14.0. The molecule has 0 radical (unpaired) electrons. The first-order valence-electron chi connectivity index (χ1n) is 7.71. The summed E-state index contributed by atoms with van der Waals surface area (Å²) in [4.78, 5) is 2.90. The maximum Gasteiger partial charge on any atom is 0.118 e. The Kier molecular flexibility index (Phi) is 6.27. The fourth-order valence-corrected chi connectivity index (χ4v) is 3.39. The van der Waals surface area contributed by atoms with E-state index >= 15 is 0 Å². The summed E-state index contributed by atoms with van der Waals surface area (Å²) in [5, 5.41) is 3.68. The molecule has 0 saturated carbocycles. The van der Waals surface area contributed by atoms with Gasteiger partial charge in [0.05, 0.1) is 7.11 Å². The van der Waals surface area contributed by atoms with Crippen molar-refractivity contribution in [3.05, 3.63) is 51.7 Å². The first-order chi connectivity index (χ1) is 10.3. The Hall–Kier alpha value is -1.32. The zero-order chi connectivity index (χ0) is 15.1. The van der Waals surface area contributed by atoms with Crippen molar-refractivity contribution in [2.75, 3.05) is 13.7 Å². The third-order valence-electron chi connectivity index (χ3n) is 3.61. The number of methoxy groups -OCH3 is 1. The molecule has 1 aromatic heterocycles. The van der Waals surface area contributed by atoms with Crippen LogP contribution in [0, 0.1) is 0 Å². The molecule has 21 heavy (non-hydrogen) atoms. The van der Waals surface area contributed by atoms with Crippen LogP contribution in [0.1, 0.15) is 41.6 Å². The molecule has 1 unspecified atom stereocenters. The van der Waals surface area contributed by atoms with E-state index in [1.165, 1.54) is 15.3 Å². The topological polar surface area (TPSA) is 21.3 Å². The van der Waals surface area contributed by atoms with E-state index in [1.54, 1.807) is 7.11 Å². The monoisotopic (exact) mass is 303 g/mol. The van der Waals surface area contributed by atoms with Crippen LogP contribution in [0.2, 0.25) is 0 Å². The Morgan fingerprint density at radius 3 is 2.43 bits per heavy atom. The molecular formula is C18H25NOS. The highest BCUT2D eigenvalue weighted by Gasteiger charge is 2.14. The minimum absolute atomic E-state index is 0.406. The molecule has 2 aromatic rings. The number of benzene rings is 1. The molecular weight excluding hydrogens is 278 g/mol. The van der Waals surface area contributed by atoms with Crippen molar-refractivity contribution in [1.82, 2.24) is 5.32 Å². The number of nitrogens with one attached hydrogen (secondary N) is 1. The van der Waals surface area contributed by atoms with Gasteiger partial charge < -0.3 is 10.1 Å². The van der Waals surface area contributed by atoms with Crippen molar-refractivity contribution in [1.29, 1.82) is 0 Å². The van der Waals surface area contributed by atoms with Crippen molar-refractivity contribution in [3.8, 4) is 5.75 Å². The minimum Gasteiger partial charge on any atom is -0.497 e. The fraction of sp³-hybridized carbons (Fsp3) is 0.444. The van der Waals surface area contributed by atoms with E-state index < -0.39 is 0 Å². The Morgan fingerprint density at radius 2 is 1.86 bits per heavy atom. The lowest BCUT2D eigenvalue weighted by Gasteiger charge is -2.17. The summed E-state index contributed by atoms with van der Waals surface area (Å²) in [5.74, 6) is 0.918. The van der Waals surface area contributed by atoms with Gasteiger partial charge >= 0.3 is 0 Å².